The third-order valence-corrected chi connectivity index (χ3v) is 2.85. The molecule has 0 aliphatic carbocycles. The second-order valence-corrected chi connectivity index (χ2v) is 4.19. The molecule has 0 aliphatic heterocycles. The number of hydrogen-bond donors (Lipinski definition) is 3. The van der Waals surface area contributed by atoms with E-state index in [1.807, 2.05) is 0 Å². The minimum atomic E-state index is -4.50. The molecule has 7 heteroatoms. The fourth-order valence-electron chi connectivity index (χ4n) is 1.98. The molecule has 19 heavy (non-hydrogen) atoms. The van der Waals surface area contributed by atoms with E-state index in [0.717, 1.165) is 6.07 Å². The van der Waals surface area contributed by atoms with Crippen LogP contribution in [0.2, 0.25) is 0 Å². The molecule has 0 aliphatic rings. The van der Waals surface area contributed by atoms with Crippen LogP contribution in [0.4, 0.5) is 13.2 Å². The molecule has 1 atom stereocenters. The summed E-state index contributed by atoms with van der Waals surface area (Å²) in [5.41, 5.74) is 5.13. The molecular formula is C12H11F3N2O2. The first-order chi connectivity index (χ1) is 8.80. The van der Waals surface area contributed by atoms with Crippen LogP contribution in [0.5, 0.6) is 0 Å². The highest BCUT2D eigenvalue weighted by Crippen LogP contribution is 2.36. The van der Waals surface area contributed by atoms with E-state index in [1.54, 1.807) is 0 Å². The molecular weight excluding hydrogens is 261 g/mol. The number of hydrogen-bond acceptors (Lipinski definition) is 2. The van der Waals surface area contributed by atoms with Crippen molar-refractivity contribution in [1.29, 1.82) is 0 Å². The maximum Gasteiger partial charge on any atom is 0.417 e. The normalized spacial score (nSPS) is 13.7. The number of fused-ring (bicyclic) bond motifs is 1. The van der Waals surface area contributed by atoms with Gasteiger partial charge < -0.3 is 15.8 Å². The number of nitrogens with two attached hydrogens (primary N) is 1. The molecule has 4 N–H and O–H groups in total. The van der Waals surface area contributed by atoms with Crippen LogP contribution in [0.15, 0.2) is 24.4 Å². The van der Waals surface area contributed by atoms with Crippen molar-refractivity contribution in [3.8, 4) is 0 Å². The summed E-state index contributed by atoms with van der Waals surface area (Å²) < 4.78 is 38.7. The first kappa shape index (κ1) is 13.4. The third-order valence-electron chi connectivity index (χ3n) is 2.85. The number of rotatable bonds is 3. The monoisotopic (exact) mass is 272 g/mol. The second-order valence-electron chi connectivity index (χ2n) is 4.19. The number of H-pyrrole nitrogens is 1. The summed E-state index contributed by atoms with van der Waals surface area (Å²) in [6, 6.07) is 2.52. The van der Waals surface area contributed by atoms with Crippen LogP contribution in [0.1, 0.15) is 11.1 Å². The van der Waals surface area contributed by atoms with Crippen LogP contribution in [0.25, 0.3) is 10.9 Å². The zero-order chi connectivity index (χ0) is 14.2. The van der Waals surface area contributed by atoms with Gasteiger partial charge in [0.15, 0.2) is 0 Å². The summed E-state index contributed by atoms with van der Waals surface area (Å²) in [7, 11) is 0. The Bertz CT molecular complexity index is 619. The molecule has 2 rings (SSSR count). The van der Waals surface area contributed by atoms with Gasteiger partial charge in [-0.3, -0.25) is 4.79 Å². The molecule has 0 amide bonds. The van der Waals surface area contributed by atoms with E-state index in [0.29, 0.717) is 5.52 Å². The number of halogens is 3. The van der Waals surface area contributed by atoms with E-state index in [1.165, 1.54) is 18.3 Å². The van der Waals surface area contributed by atoms with E-state index in [2.05, 4.69) is 4.98 Å². The molecule has 1 aromatic carbocycles. The predicted molar refractivity (Wildman–Crippen MR) is 62.6 cm³/mol. The van der Waals surface area contributed by atoms with Crippen LogP contribution < -0.4 is 5.73 Å². The first-order valence-electron chi connectivity index (χ1n) is 5.45. The van der Waals surface area contributed by atoms with Crippen molar-refractivity contribution >= 4 is 16.9 Å². The number of alkyl halides is 3. The highest BCUT2D eigenvalue weighted by molar-refractivity contribution is 5.88. The van der Waals surface area contributed by atoms with Crippen molar-refractivity contribution in [2.24, 2.45) is 5.73 Å². The van der Waals surface area contributed by atoms with E-state index in [9.17, 15) is 18.0 Å². The lowest BCUT2D eigenvalue weighted by atomic mass is 10.0. The van der Waals surface area contributed by atoms with E-state index >= 15 is 0 Å². The van der Waals surface area contributed by atoms with Crippen molar-refractivity contribution in [2.75, 3.05) is 0 Å². The Labute approximate surface area is 106 Å². The zero-order valence-electron chi connectivity index (χ0n) is 9.66. The molecule has 1 heterocycles. The molecule has 0 saturated heterocycles. The largest absolute Gasteiger partial charge is 0.480 e. The molecule has 1 aromatic heterocycles. The lowest BCUT2D eigenvalue weighted by Crippen LogP contribution is -2.32. The number of aromatic nitrogens is 1. The summed E-state index contributed by atoms with van der Waals surface area (Å²) in [4.78, 5) is 13.4. The maximum absolute atomic E-state index is 12.9. The molecule has 102 valence electrons. The fourth-order valence-corrected chi connectivity index (χ4v) is 1.98. The van der Waals surface area contributed by atoms with Crippen LogP contribution in [-0.2, 0) is 17.4 Å². The van der Waals surface area contributed by atoms with E-state index < -0.39 is 23.8 Å². The Morgan fingerprint density at radius 1 is 1.42 bits per heavy atom. The second kappa shape index (κ2) is 4.58. The average molecular weight is 272 g/mol. The zero-order valence-corrected chi connectivity index (χ0v) is 9.66. The molecule has 0 spiro atoms. The van der Waals surface area contributed by atoms with Crippen molar-refractivity contribution in [1.82, 2.24) is 4.98 Å². The van der Waals surface area contributed by atoms with Gasteiger partial charge in [0, 0.05) is 23.5 Å². The molecule has 4 nitrogen and oxygen atoms in total. The van der Waals surface area contributed by atoms with E-state index in [-0.39, 0.29) is 17.4 Å². The topological polar surface area (TPSA) is 79.1 Å². The maximum atomic E-state index is 12.9. The number of aromatic amines is 1. The Hall–Kier alpha value is -2.02. The molecule has 0 saturated carbocycles. The molecule has 0 bridgehead atoms. The van der Waals surface area contributed by atoms with Crippen LogP contribution >= 0.6 is 0 Å². The quantitative estimate of drug-likeness (QED) is 0.801. The number of carboxylic acids is 1. The highest BCUT2D eigenvalue weighted by atomic mass is 19.4. The lowest BCUT2D eigenvalue weighted by Gasteiger charge is -2.11. The van der Waals surface area contributed by atoms with Crippen LogP contribution in [0, 0.1) is 0 Å². The number of aliphatic carboxylic acids is 1. The van der Waals surface area contributed by atoms with Crippen LogP contribution in [-0.4, -0.2) is 22.1 Å². The molecule has 2 aromatic rings. The van der Waals surface area contributed by atoms with Crippen LogP contribution in [0.3, 0.4) is 0 Å². The SMILES string of the molecule is N[C@@H](Cc1c[nH]c2cccc(C(F)(F)F)c12)C(=O)O. The Balaban J connectivity index is 2.54. The molecule has 0 radical (unpaired) electrons. The smallest absolute Gasteiger partial charge is 0.417 e. The van der Waals surface area contributed by atoms with Gasteiger partial charge in [-0.15, -0.1) is 0 Å². The highest BCUT2D eigenvalue weighted by Gasteiger charge is 2.33. The van der Waals surface area contributed by atoms with Gasteiger partial charge in [-0.1, -0.05) is 6.07 Å². The molecule has 0 fully saturated rings. The number of benzene rings is 1. The standard InChI is InChI=1S/C12H11F3N2O2/c13-12(14,15)7-2-1-3-9-10(7)6(5-17-9)4-8(16)11(18)19/h1-3,5,8,17H,4,16H2,(H,18,19)/t8-/m0/s1. The minimum Gasteiger partial charge on any atom is -0.480 e. The van der Waals surface area contributed by atoms with Crippen molar-refractivity contribution in [2.45, 2.75) is 18.6 Å². The minimum absolute atomic E-state index is 0.0216. The van der Waals surface area contributed by atoms with Gasteiger partial charge in [0.25, 0.3) is 0 Å². The summed E-state index contributed by atoms with van der Waals surface area (Å²) >= 11 is 0. The Kier molecular flexibility index (Phi) is 3.23. The van der Waals surface area contributed by atoms with Gasteiger partial charge in [0.2, 0.25) is 0 Å². The van der Waals surface area contributed by atoms with Gasteiger partial charge in [0.05, 0.1) is 5.56 Å². The predicted octanol–water partition coefficient (Wildman–Crippen LogP) is 2.14. The van der Waals surface area contributed by atoms with Crippen molar-refractivity contribution in [3.63, 3.8) is 0 Å². The summed E-state index contributed by atoms with van der Waals surface area (Å²) in [5.74, 6) is -1.25. The average Bonchev–Trinajstić information content (AvgIpc) is 2.71. The van der Waals surface area contributed by atoms with Crippen molar-refractivity contribution < 1.29 is 23.1 Å². The lowest BCUT2D eigenvalue weighted by molar-refractivity contribution is -0.138. The number of carbonyl (C=O) groups is 1. The summed E-state index contributed by atoms with van der Waals surface area (Å²) in [5, 5.41) is 8.70. The van der Waals surface area contributed by atoms with Gasteiger partial charge in [-0.25, -0.2) is 0 Å². The van der Waals surface area contributed by atoms with Gasteiger partial charge >= 0.3 is 12.1 Å². The number of carboxylic acid groups (broad SMARTS) is 1. The molecule has 0 unspecified atom stereocenters. The Morgan fingerprint density at radius 3 is 2.68 bits per heavy atom. The van der Waals surface area contributed by atoms with E-state index in [4.69, 9.17) is 10.8 Å². The van der Waals surface area contributed by atoms with Gasteiger partial charge in [-0.05, 0) is 17.7 Å². The Morgan fingerprint density at radius 2 is 2.11 bits per heavy atom. The number of nitrogens with one attached hydrogen (secondary N) is 1. The third kappa shape index (κ3) is 2.55. The first-order valence-corrected chi connectivity index (χ1v) is 5.45. The van der Waals surface area contributed by atoms with Gasteiger partial charge in [0.1, 0.15) is 6.04 Å². The summed E-state index contributed by atoms with van der Waals surface area (Å²) in [6.45, 7) is 0. The fraction of sp³-hybridized carbons (Fsp3) is 0.250. The van der Waals surface area contributed by atoms with Gasteiger partial charge in [-0.2, -0.15) is 13.2 Å². The van der Waals surface area contributed by atoms with Crippen molar-refractivity contribution in [3.05, 3.63) is 35.5 Å². The summed E-state index contributed by atoms with van der Waals surface area (Å²) in [6.07, 6.45) is -3.30.